The monoisotopic (exact) mass is 1150 g/mol. The first-order chi connectivity index (χ1) is 41.6. The summed E-state index contributed by atoms with van der Waals surface area (Å²) in [6, 6.07) is 73.2. The van der Waals surface area contributed by atoms with Gasteiger partial charge in [-0.25, -0.2) is 0 Å². The Balaban J connectivity index is 1.14. The van der Waals surface area contributed by atoms with Gasteiger partial charge in [0.1, 0.15) is 0 Å². The van der Waals surface area contributed by atoms with Gasteiger partial charge >= 0.3 is 0 Å². The van der Waals surface area contributed by atoms with Crippen LogP contribution in [-0.2, 0) is 37.9 Å². The first kappa shape index (κ1) is 56.9. The lowest BCUT2D eigenvalue weighted by molar-refractivity contribution is 0.215. The van der Waals surface area contributed by atoms with Gasteiger partial charge in [-0.3, -0.25) is 0 Å². The number of benzene rings is 9. The highest BCUT2D eigenvalue weighted by molar-refractivity contribution is 7.00. The van der Waals surface area contributed by atoms with Crippen molar-refractivity contribution in [1.82, 2.24) is 0 Å². The van der Waals surface area contributed by atoms with E-state index in [0.717, 1.165) is 25.7 Å². The van der Waals surface area contributed by atoms with Crippen LogP contribution in [0.15, 0.2) is 182 Å². The minimum Gasteiger partial charge on any atom is -0.334 e. The quantitative estimate of drug-likeness (QED) is 0.159. The Hall–Kier alpha value is -7.56. The maximum atomic E-state index is 2.92. The van der Waals surface area contributed by atoms with Crippen molar-refractivity contribution in [3.05, 3.63) is 232 Å². The van der Waals surface area contributed by atoms with Crippen LogP contribution in [0, 0.1) is 0 Å². The van der Waals surface area contributed by atoms with Gasteiger partial charge < -0.3 is 14.7 Å². The molecule has 0 N–H and O–H groups in total. The molecule has 4 heteroatoms. The number of fused-ring (bicyclic) bond motifs is 7. The summed E-state index contributed by atoms with van der Waals surface area (Å²) in [7, 11) is 0. The van der Waals surface area contributed by atoms with E-state index in [0.29, 0.717) is 0 Å². The predicted octanol–water partition coefficient (Wildman–Crippen LogP) is 20.8. The van der Waals surface area contributed by atoms with Crippen LogP contribution in [-0.4, -0.2) is 12.3 Å². The van der Waals surface area contributed by atoms with Gasteiger partial charge in [0.05, 0.1) is 16.9 Å². The van der Waals surface area contributed by atoms with Crippen LogP contribution in [0.4, 0.5) is 45.5 Å². The van der Waals surface area contributed by atoms with Gasteiger partial charge in [-0.1, -0.05) is 232 Å². The Kier molecular flexibility index (Phi) is 12.3. The van der Waals surface area contributed by atoms with Crippen LogP contribution in [0.2, 0.25) is 0 Å². The fourth-order valence-corrected chi connectivity index (χ4v) is 17.6. The molecule has 9 aromatic rings. The van der Waals surface area contributed by atoms with Gasteiger partial charge in [0.15, 0.2) is 0 Å². The molecule has 4 heterocycles. The Bertz CT molecular complexity index is 4330. The number of nitrogens with zero attached hydrogens (tertiary/aromatic N) is 3. The van der Waals surface area contributed by atoms with Gasteiger partial charge in [-0.2, -0.15) is 0 Å². The smallest absolute Gasteiger partial charge is 0.252 e. The number of anilines is 8. The number of hydrogen-bond acceptors (Lipinski definition) is 3. The minimum absolute atomic E-state index is 0.0622. The zero-order valence-electron chi connectivity index (χ0n) is 55.5. The SMILES string of the molecule is CC(C)(C)c1ccc(N2c3ccc4cc3B3c5cc6c(cc5N(c5ccc(C(C)(C)C)cc5-c5ccccc5)c5cc(C(C)(C)C)cc2c53)C(C)(C)CCC6(C)c2cc3c(cc2C(C)(C)C)C2(c5ccccc5)CCCCC2(C)N43)c(-c2ccccc2)c1. The Morgan fingerprint density at radius 3 is 1.44 bits per heavy atom. The van der Waals surface area contributed by atoms with Crippen molar-refractivity contribution in [1.29, 1.82) is 0 Å². The molecule has 1 fully saturated rings. The maximum absolute atomic E-state index is 2.92. The van der Waals surface area contributed by atoms with E-state index in [1.807, 2.05) is 0 Å². The van der Waals surface area contributed by atoms with E-state index < -0.39 is 0 Å². The molecule has 0 aromatic heterocycles. The summed E-state index contributed by atoms with van der Waals surface area (Å²) < 4.78 is 0. The van der Waals surface area contributed by atoms with Crippen LogP contribution >= 0.6 is 0 Å². The maximum Gasteiger partial charge on any atom is 0.252 e. The third-order valence-electron chi connectivity index (χ3n) is 22.6. The van der Waals surface area contributed by atoms with Crippen molar-refractivity contribution in [3.8, 4) is 22.3 Å². The molecule has 0 radical (unpaired) electrons. The molecule has 0 saturated heterocycles. The molecule has 0 spiro atoms. The summed E-state index contributed by atoms with van der Waals surface area (Å²) in [5.74, 6) is 0. The van der Waals surface area contributed by atoms with E-state index in [1.54, 1.807) is 0 Å². The number of rotatable bonds is 5. The molecule has 15 rings (SSSR count). The predicted molar refractivity (Wildman–Crippen MR) is 378 cm³/mol. The van der Waals surface area contributed by atoms with Crippen molar-refractivity contribution in [2.45, 2.75) is 193 Å². The second-order valence-corrected chi connectivity index (χ2v) is 32.6. The summed E-state index contributed by atoms with van der Waals surface area (Å²) in [5.41, 5.74) is 30.8. The average Bonchev–Trinajstić information content (AvgIpc) is 1.34. The second kappa shape index (κ2) is 19.0. The standard InChI is InChI=1S/C84H90BN3/c1-77(2,3)56-34-37-69(60(44-56)53-28-20-17-21-29-53)86-71-39-36-59-48-67(71)85-68-50-64-63(51-73(68)87(75-47-58(79(7,8)9)46-74(86)76(75)85)70-38-35-57(78(4,5)6)45-61(70)54-30-22-18-23-31-54)81(13,14)42-43-82(64,15)65-52-72-66(49-62(65)80(10,11)12)84(55-32-24-19-25-33-55)41-27-26-40-83(84,16)88(59)72/h17-25,28-39,44-52H,26-27,40-43H2,1-16H3. The molecule has 0 amide bonds. The summed E-state index contributed by atoms with van der Waals surface area (Å²) in [5, 5.41) is 0. The zero-order valence-corrected chi connectivity index (χ0v) is 55.5. The van der Waals surface area contributed by atoms with E-state index in [9.17, 15) is 0 Å². The third-order valence-corrected chi connectivity index (χ3v) is 22.6. The van der Waals surface area contributed by atoms with Gasteiger partial charge in [-0.05, 0) is 204 Å². The van der Waals surface area contributed by atoms with Crippen molar-refractivity contribution < 1.29 is 0 Å². The van der Waals surface area contributed by atoms with E-state index in [-0.39, 0.29) is 50.2 Å². The van der Waals surface area contributed by atoms with Crippen LogP contribution in [0.5, 0.6) is 0 Å². The molecule has 444 valence electrons. The molecule has 4 aliphatic heterocycles. The molecule has 1 saturated carbocycles. The molecule has 3 nitrogen and oxygen atoms in total. The molecule has 9 aromatic carbocycles. The van der Waals surface area contributed by atoms with Crippen LogP contribution in [0.25, 0.3) is 22.3 Å². The third kappa shape index (κ3) is 8.14. The topological polar surface area (TPSA) is 9.72 Å². The molecule has 6 aliphatic rings. The van der Waals surface area contributed by atoms with Gasteiger partial charge in [0, 0.05) is 56.1 Å². The molecular formula is C84H90BN3. The average molecular weight is 1150 g/mol. The summed E-state index contributed by atoms with van der Waals surface area (Å²) in [6.07, 6.45) is 6.73. The summed E-state index contributed by atoms with van der Waals surface area (Å²) >= 11 is 0. The molecular weight excluding hydrogens is 1060 g/mol. The van der Waals surface area contributed by atoms with Crippen molar-refractivity contribution in [2.24, 2.45) is 0 Å². The summed E-state index contributed by atoms with van der Waals surface area (Å²) in [4.78, 5) is 8.41. The highest BCUT2D eigenvalue weighted by Crippen LogP contribution is 2.66. The van der Waals surface area contributed by atoms with E-state index in [1.165, 1.54) is 147 Å². The summed E-state index contributed by atoms with van der Waals surface area (Å²) in [6.45, 7) is 39.2. The van der Waals surface area contributed by atoms with Gasteiger partial charge in [0.25, 0.3) is 6.71 Å². The highest BCUT2D eigenvalue weighted by atomic mass is 15.3. The van der Waals surface area contributed by atoms with Crippen LogP contribution in [0.1, 0.15) is 199 Å². The molecule has 3 atom stereocenters. The van der Waals surface area contributed by atoms with Gasteiger partial charge in [-0.15, -0.1) is 0 Å². The number of hydrogen-bond donors (Lipinski definition) is 0. The lowest BCUT2D eigenvalue weighted by Crippen LogP contribution is -2.62. The second-order valence-electron chi connectivity index (χ2n) is 32.6. The molecule has 88 heavy (non-hydrogen) atoms. The molecule has 6 bridgehead atoms. The molecule has 2 aliphatic carbocycles. The van der Waals surface area contributed by atoms with E-state index in [2.05, 4.69) is 307 Å². The fraction of sp³-hybridized carbons (Fsp3) is 0.357. The first-order valence-electron chi connectivity index (χ1n) is 33.2. The Morgan fingerprint density at radius 1 is 0.375 bits per heavy atom. The Morgan fingerprint density at radius 2 is 0.886 bits per heavy atom. The van der Waals surface area contributed by atoms with Crippen molar-refractivity contribution >= 4 is 68.6 Å². The van der Waals surface area contributed by atoms with Crippen LogP contribution in [0.3, 0.4) is 0 Å². The van der Waals surface area contributed by atoms with Crippen LogP contribution < -0.4 is 31.1 Å². The van der Waals surface area contributed by atoms with E-state index in [4.69, 9.17) is 0 Å². The zero-order chi connectivity index (χ0) is 61.6. The normalized spacial score (nSPS) is 21.3. The minimum atomic E-state index is -0.304. The van der Waals surface area contributed by atoms with Crippen molar-refractivity contribution in [2.75, 3.05) is 14.7 Å². The Labute approximate surface area is 527 Å². The van der Waals surface area contributed by atoms with Crippen molar-refractivity contribution in [3.63, 3.8) is 0 Å². The lowest BCUT2D eigenvalue weighted by Gasteiger charge is -2.52. The highest BCUT2D eigenvalue weighted by Gasteiger charge is 2.62. The van der Waals surface area contributed by atoms with E-state index >= 15 is 0 Å². The largest absolute Gasteiger partial charge is 0.334 e. The molecule has 3 unspecified atom stereocenters. The lowest BCUT2D eigenvalue weighted by atomic mass is 9.33. The van der Waals surface area contributed by atoms with Gasteiger partial charge in [0.2, 0.25) is 0 Å². The fourth-order valence-electron chi connectivity index (χ4n) is 17.6. The first-order valence-corrected chi connectivity index (χ1v) is 33.2.